The summed E-state index contributed by atoms with van der Waals surface area (Å²) >= 11 is 0. The highest BCUT2D eigenvalue weighted by Crippen LogP contribution is 2.41. The Labute approximate surface area is 241 Å². The molecule has 7 nitrogen and oxygen atoms in total. The zero-order chi connectivity index (χ0) is 29.6. The molecule has 4 heterocycles. The average Bonchev–Trinajstić information content (AvgIpc) is 2.92. The lowest BCUT2D eigenvalue weighted by atomic mass is 9.73. The lowest BCUT2D eigenvalue weighted by Gasteiger charge is -2.59. The van der Waals surface area contributed by atoms with Gasteiger partial charge in [0.2, 0.25) is 0 Å². The number of nitrogens with zero attached hydrogens (tertiary/aromatic N) is 4. The predicted molar refractivity (Wildman–Crippen MR) is 156 cm³/mol. The van der Waals surface area contributed by atoms with Crippen LogP contribution in [0.1, 0.15) is 38.2 Å². The first-order chi connectivity index (χ1) is 20.0. The van der Waals surface area contributed by atoms with Gasteiger partial charge < -0.3 is 16.0 Å². The maximum atomic E-state index is 14.0. The van der Waals surface area contributed by atoms with Crippen molar-refractivity contribution in [1.82, 2.24) is 19.8 Å². The van der Waals surface area contributed by atoms with Crippen molar-refractivity contribution < 1.29 is 18.0 Å². The van der Waals surface area contributed by atoms with Gasteiger partial charge in [-0.15, -0.1) is 0 Å². The van der Waals surface area contributed by atoms with E-state index >= 15 is 0 Å². The number of fused-ring (bicyclic) bond motifs is 1. The normalized spacial score (nSPS) is 16.4. The second-order valence-electron chi connectivity index (χ2n) is 11.4. The summed E-state index contributed by atoms with van der Waals surface area (Å²) in [7, 11) is 2.05. The molecule has 2 aromatic carbocycles. The van der Waals surface area contributed by atoms with Crippen LogP contribution in [-0.2, 0) is 12.7 Å². The maximum Gasteiger partial charge on any atom is 0.416 e. The van der Waals surface area contributed by atoms with Crippen molar-refractivity contribution >= 4 is 28.3 Å². The molecule has 0 atom stereocenters. The Kier molecular flexibility index (Phi) is 6.87. The van der Waals surface area contributed by atoms with Crippen molar-refractivity contribution in [3.8, 4) is 11.8 Å². The molecule has 1 amide bonds. The van der Waals surface area contributed by atoms with Gasteiger partial charge in [-0.25, -0.2) is 4.98 Å². The second kappa shape index (κ2) is 10.4. The van der Waals surface area contributed by atoms with Crippen molar-refractivity contribution in [2.75, 3.05) is 44.3 Å². The molecule has 0 bridgehead atoms. The topological polar surface area (TPSA) is 87.4 Å². The minimum absolute atomic E-state index is 0.0805. The molecule has 42 heavy (non-hydrogen) atoms. The summed E-state index contributed by atoms with van der Waals surface area (Å²) in [6.07, 6.45) is -1.34. The molecule has 1 spiro atoms. The van der Waals surface area contributed by atoms with Crippen LogP contribution in [0.4, 0.5) is 24.7 Å². The van der Waals surface area contributed by atoms with Crippen LogP contribution >= 0.6 is 0 Å². The quantitative estimate of drug-likeness (QED) is 0.338. The number of carbonyl (C=O) groups excluding carboxylic acids is 1. The molecule has 2 aliphatic rings. The molecule has 0 saturated carbocycles. The molecule has 0 radical (unpaired) electrons. The number of halogens is 3. The van der Waals surface area contributed by atoms with E-state index in [-0.39, 0.29) is 28.8 Å². The van der Waals surface area contributed by atoms with E-state index in [0.717, 1.165) is 43.2 Å². The van der Waals surface area contributed by atoms with E-state index in [2.05, 4.69) is 32.0 Å². The SMILES string of the molecule is Cc1ccc(C(=O)Nc2ccc(CN3CC4(CN(C)C4)C3)c(C(F)(F)F)c2)cc1C#Cc1cnc(N)c2ncccc12. The van der Waals surface area contributed by atoms with Crippen molar-refractivity contribution in [2.24, 2.45) is 5.41 Å². The number of rotatable bonds is 4. The third-order valence-electron chi connectivity index (χ3n) is 7.90. The van der Waals surface area contributed by atoms with Crippen LogP contribution < -0.4 is 11.1 Å². The molecule has 2 saturated heterocycles. The van der Waals surface area contributed by atoms with Gasteiger partial charge in [0.25, 0.3) is 5.91 Å². The van der Waals surface area contributed by atoms with Crippen LogP contribution in [-0.4, -0.2) is 58.9 Å². The number of benzene rings is 2. The fourth-order valence-electron chi connectivity index (χ4n) is 6.04. The average molecular weight is 571 g/mol. The molecule has 2 aliphatic heterocycles. The molecule has 2 fully saturated rings. The van der Waals surface area contributed by atoms with Crippen LogP contribution in [0, 0.1) is 24.2 Å². The molecule has 4 aromatic rings. The number of hydrogen-bond donors (Lipinski definition) is 2. The van der Waals surface area contributed by atoms with Gasteiger partial charge in [0.1, 0.15) is 11.3 Å². The third kappa shape index (κ3) is 5.41. The lowest BCUT2D eigenvalue weighted by Crippen LogP contribution is -2.70. The smallest absolute Gasteiger partial charge is 0.382 e. The van der Waals surface area contributed by atoms with Crippen LogP contribution in [0.5, 0.6) is 0 Å². The highest BCUT2D eigenvalue weighted by molar-refractivity contribution is 6.04. The summed E-state index contributed by atoms with van der Waals surface area (Å²) in [5.41, 5.74) is 8.63. The van der Waals surface area contributed by atoms with Crippen LogP contribution in [0.25, 0.3) is 10.9 Å². The first kappa shape index (κ1) is 27.7. The van der Waals surface area contributed by atoms with E-state index in [4.69, 9.17) is 5.73 Å². The number of hydrogen-bond acceptors (Lipinski definition) is 6. The number of nitrogens with two attached hydrogens (primary N) is 1. The fraction of sp³-hybridized carbons (Fsp3) is 0.281. The zero-order valence-corrected chi connectivity index (χ0v) is 23.2. The lowest BCUT2D eigenvalue weighted by molar-refractivity contribution is -0.139. The first-order valence-electron chi connectivity index (χ1n) is 13.5. The number of alkyl halides is 3. The molecular weight excluding hydrogens is 541 g/mol. The summed E-state index contributed by atoms with van der Waals surface area (Å²) in [5.74, 6) is 5.96. The number of nitrogen functional groups attached to an aromatic ring is 1. The molecule has 6 rings (SSSR count). The van der Waals surface area contributed by atoms with Gasteiger partial charge in [-0.3, -0.25) is 14.7 Å². The van der Waals surface area contributed by atoms with Gasteiger partial charge in [0, 0.05) is 72.7 Å². The summed E-state index contributed by atoms with van der Waals surface area (Å²) < 4.78 is 42.0. The summed E-state index contributed by atoms with van der Waals surface area (Å²) in [5, 5.41) is 3.39. The molecule has 0 aliphatic carbocycles. The van der Waals surface area contributed by atoms with Crippen molar-refractivity contribution in [3.05, 3.63) is 94.3 Å². The second-order valence-corrected chi connectivity index (χ2v) is 11.4. The molecule has 0 unspecified atom stereocenters. The highest BCUT2D eigenvalue weighted by atomic mass is 19.4. The minimum atomic E-state index is -4.54. The van der Waals surface area contributed by atoms with Crippen LogP contribution in [0.15, 0.2) is 60.9 Å². The Morgan fingerprint density at radius 3 is 2.55 bits per heavy atom. The molecule has 2 aromatic heterocycles. The monoisotopic (exact) mass is 570 g/mol. The van der Waals surface area contributed by atoms with Crippen LogP contribution in [0.2, 0.25) is 0 Å². The van der Waals surface area contributed by atoms with Crippen LogP contribution in [0.3, 0.4) is 0 Å². The maximum absolute atomic E-state index is 14.0. The van der Waals surface area contributed by atoms with Crippen molar-refractivity contribution in [3.63, 3.8) is 0 Å². The molecule has 3 N–H and O–H groups in total. The molecule has 10 heteroatoms. The molecular formula is C32H29F3N6O. The third-order valence-corrected chi connectivity index (χ3v) is 7.90. The number of amides is 1. The number of aromatic nitrogens is 2. The number of carbonyl (C=O) groups is 1. The Morgan fingerprint density at radius 2 is 1.81 bits per heavy atom. The number of pyridine rings is 2. The predicted octanol–water partition coefficient (Wildman–Crippen LogP) is 4.94. The Hall–Kier alpha value is -4.46. The fourth-order valence-corrected chi connectivity index (χ4v) is 6.04. The van der Waals surface area contributed by atoms with Gasteiger partial charge >= 0.3 is 6.18 Å². The standard InChI is InChI=1S/C32H29F3N6O/c1-20-5-6-22(12-21(20)7-8-23-14-38-29(36)28-26(23)4-3-11-37-28)30(42)39-25-10-9-24(27(13-25)32(33,34)35)15-41-18-31(19-41)16-40(2)17-31/h3-6,9-14H,15-19H2,1-2H3,(H2,36,38)(H,39,42). The van der Waals surface area contributed by atoms with E-state index in [1.54, 1.807) is 36.7 Å². The number of anilines is 2. The summed E-state index contributed by atoms with van der Waals surface area (Å²) in [6, 6.07) is 12.6. The number of aryl methyl sites for hydroxylation is 1. The Morgan fingerprint density at radius 1 is 1.05 bits per heavy atom. The Bertz CT molecular complexity index is 1760. The molecule has 214 valence electrons. The van der Waals surface area contributed by atoms with Crippen molar-refractivity contribution in [2.45, 2.75) is 19.6 Å². The van der Waals surface area contributed by atoms with E-state index in [9.17, 15) is 18.0 Å². The number of likely N-dealkylation sites (tertiary alicyclic amines) is 2. The van der Waals surface area contributed by atoms with E-state index in [1.807, 2.05) is 24.9 Å². The largest absolute Gasteiger partial charge is 0.416 e. The minimum Gasteiger partial charge on any atom is -0.382 e. The van der Waals surface area contributed by atoms with Gasteiger partial charge in [0.05, 0.1) is 11.1 Å². The van der Waals surface area contributed by atoms with Gasteiger partial charge in [0.15, 0.2) is 0 Å². The van der Waals surface area contributed by atoms with E-state index < -0.39 is 17.6 Å². The number of nitrogens with one attached hydrogen (secondary N) is 1. The summed E-state index contributed by atoms with van der Waals surface area (Å²) in [4.78, 5) is 25.8. The zero-order valence-electron chi connectivity index (χ0n) is 23.2. The van der Waals surface area contributed by atoms with Gasteiger partial charge in [-0.1, -0.05) is 24.0 Å². The van der Waals surface area contributed by atoms with Crippen molar-refractivity contribution in [1.29, 1.82) is 0 Å². The first-order valence-corrected chi connectivity index (χ1v) is 13.5. The Balaban J connectivity index is 1.20. The van der Waals surface area contributed by atoms with Gasteiger partial charge in [-0.05, 0) is 61.5 Å². The van der Waals surface area contributed by atoms with E-state index in [1.165, 1.54) is 12.1 Å². The van der Waals surface area contributed by atoms with E-state index in [0.29, 0.717) is 22.5 Å². The van der Waals surface area contributed by atoms with Gasteiger partial charge in [-0.2, -0.15) is 13.2 Å². The highest BCUT2D eigenvalue weighted by Gasteiger charge is 2.50. The summed E-state index contributed by atoms with van der Waals surface area (Å²) in [6.45, 7) is 5.66.